The number of amides is 3. The number of benzene rings is 1. The van der Waals surface area contributed by atoms with E-state index in [2.05, 4.69) is 10.4 Å². The molecule has 1 aromatic carbocycles. The van der Waals surface area contributed by atoms with Crippen LogP contribution in [0.5, 0.6) is 0 Å². The Hall–Kier alpha value is -3.09. The number of hydrogen-bond donors (Lipinski definition) is 2. The van der Waals surface area contributed by atoms with Crippen molar-refractivity contribution in [3.8, 4) is 0 Å². The first kappa shape index (κ1) is 12.9. The standard InChI is InChI=1S/C14H11N3O4/c18-12-10-5-1-2-6-11(10)13(19)17(12)16-14(20)21-8-9-4-3-7-15-9/h1-7,15H,8H2,(H,16,20). The number of ether oxygens (including phenoxy) is 1. The highest BCUT2D eigenvalue weighted by Crippen LogP contribution is 2.20. The van der Waals surface area contributed by atoms with Crippen molar-refractivity contribution >= 4 is 17.9 Å². The molecule has 21 heavy (non-hydrogen) atoms. The third kappa shape index (κ3) is 2.36. The average Bonchev–Trinajstić information content (AvgIpc) is 3.09. The molecule has 1 aromatic heterocycles. The van der Waals surface area contributed by atoms with Gasteiger partial charge >= 0.3 is 6.09 Å². The molecule has 2 N–H and O–H groups in total. The van der Waals surface area contributed by atoms with E-state index in [1.807, 2.05) is 0 Å². The first-order valence-corrected chi connectivity index (χ1v) is 6.20. The predicted molar refractivity (Wildman–Crippen MR) is 71.1 cm³/mol. The number of rotatable bonds is 3. The minimum atomic E-state index is -0.876. The summed E-state index contributed by atoms with van der Waals surface area (Å²) in [7, 11) is 0. The van der Waals surface area contributed by atoms with Gasteiger partial charge in [0.05, 0.1) is 16.8 Å². The molecule has 0 bridgehead atoms. The van der Waals surface area contributed by atoms with Crippen molar-refractivity contribution in [2.45, 2.75) is 6.61 Å². The molecule has 2 heterocycles. The van der Waals surface area contributed by atoms with Crippen LogP contribution in [0.4, 0.5) is 4.79 Å². The van der Waals surface area contributed by atoms with Crippen LogP contribution in [0.15, 0.2) is 42.6 Å². The fraction of sp³-hybridized carbons (Fsp3) is 0.0714. The predicted octanol–water partition coefficient (Wildman–Crippen LogP) is 1.45. The number of fused-ring (bicyclic) bond motifs is 1. The summed E-state index contributed by atoms with van der Waals surface area (Å²) in [4.78, 5) is 38.5. The van der Waals surface area contributed by atoms with Crippen LogP contribution in [0.3, 0.4) is 0 Å². The van der Waals surface area contributed by atoms with E-state index in [1.165, 1.54) is 12.1 Å². The molecule has 0 saturated carbocycles. The summed E-state index contributed by atoms with van der Waals surface area (Å²) in [6.07, 6.45) is 0.819. The SMILES string of the molecule is O=C(NN1C(=O)c2ccccc2C1=O)OCc1ccc[nH]1. The molecule has 0 aliphatic carbocycles. The van der Waals surface area contributed by atoms with Crippen LogP contribution in [0, 0.1) is 0 Å². The van der Waals surface area contributed by atoms with Gasteiger partial charge in [-0.1, -0.05) is 12.1 Å². The minimum Gasteiger partial charge on any atom is -0.442 e. The topological polar surface area (TPSA) is 91.5 Å². The Morgan fingerprint density at radius 1 is 1.10 bits per heavy atom. The van der Waals surface area contributed by atoms with Crippen molar-refractivity contribution < 1.29 is 19.1 Å². The Morgan fingerprint density at radius 3 is 2.33 bits per heavy atom. The highest BCUT2D eigenvalue weighted by molar-refractivity contribution is 6.21. The number of nitrogens with zero attached hydrogens (tertiary/aromatic N) is 1. The van der Waals surface area contributed by atoms with E-state index in [1.54, 1.807) is 30.5 Å². The van der Waals surface area contributed by atoms with E-state index in [9.17, 15) is 14.4 Å². The molecule has 1 aliphatic heterocycles. The molecule has 7 heteroatoms. The van der Waals surface area contributed by atoms with E-state index >= 15 is 0 Å². The lowest BCUT2D eigenvalue weighted by Gasteiger charge is -2.14. The van der Waals surface area contributed by atoms with Crippen molar-refractivity contribution in [3.05, 3.63) is 59.4 Å². The molecular formula is C14H11N3O4. The van der Waals surface area contributed by atoms with Crippen LogP contribution in [-0.4, -0.2) is 27.9 Å². The van der Waals surface area contributed by atoms with Gasteiger partial charge in [0.25, 0.3) is 11.8 Å². The summed E-state index contributed by atoms with van der Waals surface area (Å²) < 4.78 is 4.92. The number of H-pyrrole nitrogens is 1. The lowest BCUT2D eigenvalue weighted by molar-refractivity contribution is 0.0520. The van der Waals surface area contributed by atoms with Crippen LogP contribution < -0.4 is 5.43 Å². The van der Waals surface area contributed by atoms with Gasteiger partial charge < -0.3 is 9.72 Å². The zero-order chi connectivity index (χ0) is 14.8. The number of aromatic nitrogens is 1. The molecule has 7 nitrogen and oxygen atoms in total. The zero-order valence-corrected chi connectivity index (χ0v) is 10.8. The lowest BCUT2D eigenvalue weighted by Crippen LogP contribution is -2.46. The van der Waals surface area contributed by atoms with Crippen molar-refractivity contribution in [2.75, 3.05) is 0 Å². The average molecular weight is 285 g/mol. The molecule has 0 radical (unpaired) electrons. The maximum Gasteiger partial charge on any atom is 0.427 e. The number of carbonyl (C=O) groups excluding carboxylic acids is 3. The minimum absolute atomic E-state index is 0.0159. The number of hydrazine groups is 1. The maximum atomic E-state index is 12.0. The van der Waals surface area contributed by atoms with Gasteiger partial charge in [-0.25, -0.2) is 10.2 Å². The quantitative estimate of drug-likeness (QED) is 0.835. The van der Waals surface area contributed by atoms with E-state index in [4.69, 9.17) is 4.74 Å². The van der Waals surface area contributed by atoms with E-state index < -0.39 is 17.9 Å². The Morgan fingerprint density at radius 2 is 1.76 bits per heavy atom. The first-order chi connectivity index (χ1) is 10.2. The van der Waals surface area contributed by atoms with Crippen molar-refractivity contribution in [2.24, 2.45) is 0 Å². The molecule has 1 aliphatic rings. The van der Waals surface area contributed by atoms with Gasteiger partial charge in [0.2, 0.25) is 0 Å². The van der Waals surface area contributed by atoms with Crippen molar-refractivity contribution in [1.82, 2.24) is 15.4 Å². The summed E-state index contributed by atoms with van der Waals surface area (Å²) in [6, 6.07) is 9.87. The molecule has 0 fully saturated rings. The van der Waals surface area contributed by atoms with Gasteiger partial charge in [0.15, 0.2) is 0 Å². The second-order valence-electron chi connectivity index (χ2n) is 4.37. The molecule has 3 amide bonds. The second kappa shape index (κ2) is 5.12. The van der Waals surface area contributed by atoms with E-state index in [-0.39, 0.29) is 17.7 Å². The van der Waals surface area contributed by atoms with Gasteiger partial charge in [-0.15, -0.1) is 0 Å². The summed E-state index contributed by atoms with van der Waals surface area (Å²) in [5.74, 6) is -1.15. The van der Waals surface area contributed by atoms with Crippen molar-refractivity contribution in [1.29, 1.82) is 0 Å². The summed E-state index contributed by atoms with van der Waals surface area (Å²) in [6.45, 7) is 0.0159. The smallest absolute Gasteiger partial charge is 0.427 e. The Kier molecular flexibility index (Phi) is 3.15. The summed E-state index contributed by atoms with van der Waals surface area (Å²) in [5, 5.41) is 0.654. The Bertz CT molecular complexity index is 674. The highest BCUT2D eigenvalue weighted by atomic mass is 16.6. The van der Waals surface area contributed by atoms with Crippen LogP contribution in [0.25, 0.3) is 0 Å². The number of aromatic amines is 1. The van der Waals surface area contributed by atoms with Gasteiger partial charge in [-0.05, 0) is 24.3 Å². The molecule has 0 atom stereocenters. The van der Waals surface area contributed by atoms with Crippen LogP contribution in [0.2, 0.25) is 0 Å². The molecule has 0 saturated heterocycles. The molecular weight excluding hydrogens is 274 g/mol. The maximum absolute atomic E-state index is 12.0. The van der Waals surface area contributed by atoms with E-state index in [0.717, 1.165) is 0 Å². The molecule has 3 rings (SSSR count). The van der Waals surface area contributed by atoms with Gasteiger partial charge in [0.1, 0.15) is 6.61 Å². The number of carbonyl (C=O) groups is 3. The fourth-order valence-electron chi connectivity index (χ4n) is 2.01. The van der Waals surface area contributed by atoms with E-state index in [0.29, 0.717) is 10.7 Å². The third-order valence-electron chi connectivity index (χ3n) is 3.02. The van der Waals surface area contributed by atoms with Crippen molar-refractivity contribution in [3.63, 3.8) is 0 Å². The normalized spacial score (nSPS) is 13.2. The molecule has 0 spiro atoms. The Balaban J connectivity index is 1.65. The highest BCUT2D eigenvalue weighted by Gasteiger charge is 2.36. The molecule has 106 valence electrons. The first-order valence-electron chi connectivity index (χ1n) is 6.20. The monoisotopic (exact) mass is 285 g/mol. The van der Waals surface area contributed by atoms with Gasteiger partial charge in [-0.2, -0.15) is 5.01 Å². The summed E-state index contributed by atoms with van der Waals surface area (Å²) in [5.41, 5.74) is 3.36. The Labute approximate surface area is 119 Å². The van der Waals surface area contributed by atoms with Crippen LogP contribution in [0.1, 0.15) is 26.4 Å². The zero-order valence-electron chi connectivity index (χ0n) is 10.8. The number of hydrogen-bond acceptors (Lipinski definition) is 4. The largest absolute Gasteiger partial charge is 0.442 e. The lowest BCUT2D eigenvalue weighted by atomic mass is 10.1. The molecule has 2 aromatic rings. The number of imide groups is 1. The second-order valence-corrected chi connectivity index (χ2v) is 4.37. The van der Waals surface area contributed by atoms with Gasteiger partial charge in [0, 0.05) is 6.20 Å². The summed E-state index contributed by atoms with van der Waals surface area (Å²) >= 11 is 0. The number of nitrogens with one attached hydrogen (secondary N) is 2. The fourth-order valence-corrected chi connectivity index (χ4v) is 2.01. The van der Waals surface area contributed by atoms with Gasteiger partial charge in [-0.3, -0.25) is 9.59 Å². The van der Waals surface area contributed by atoms with Crippen LogP contribution in [-0.2, 0) is 11.3 Å². The third-order valence-corrected chi connectivity index (χ3v) is 3.02. The van der Waals surface area contributed by atoms with Crippen LogP contribution >= 0.6 is 0 Å². The molecule has 0 unspecified atom stereocenters.